The van der Waals surface area contributed by atoms with E-state index in [1.165, 1.54) is 6.42 Å². The van der Waals surface area contributed by atoms with Gasteiger partial charge in [-0.25, -0.2) is 0 Å². The highest BCUT2D eigenvalue weighted by Crippen LogP contribution is 2.46. The topological polar surface area (TPSA) is 136 Å². The first kappa shape index (κ1) is 47.1. The van der Waals surface area contributed by atoms with Crippen LogP contribution in [-0.2, 0) is 23.9 Å². The highest BCUT2D eigenvalue weighted by molar-refractivity contribution is 6.74. The number of nitrogens with zero attached hydrogens (tertiary/aromatic N) is 5. The lowest BCUT2D eigenvalue weighted by Gasteiger charge is -2.44. The zero-order valence-electron chi connectivity index (χ0n) is 38.8. The van der Waals surface area contributed by atoms with Gasteiger partial charge in [0.15, 0.2) is 22.9 Å². The molecule has 3 aromatic carbocycles. The zero-order chi connectivity index (χ0) is 44.8. The minimum atomic E-state index is -2.46. The van der Waals surface area contributed by atoms with Gasteiger partial charge < -0.3 is 38.6 Å². The molecule has 2 N–H and O–H groups in total. The van der Waals surface area contributed by atoms with Crippen LogP contribution in [0.3, 0.4) is 0 Å². The number of nitriles is 1. The van der Waals surface area contributed by atoms with Crippen molar-refractivity contribution in [2.45, 2.75) is 134 Å². The molecule has 4 aromatic rings. The minimum Gasteiger partial charge on any atom is -0.497 e. The molecule has 0 amide bonds. The van der Waals surface area contributed by atoms with Crippen molar-refractivity contribution in [3.8, 4) is 11.8 Å². The molecule has 1 aromatic heterocycles. The number of anilines is 3. The molecule has 62 heavy (non-hydrogen) atoms. The summed E-state index contributed by atoms with van der Waals surface area (Å²) in [7, 11) is -3.24. The number of aromatic nitrogens is 3. The van der Waals surface area contributed by atoms with E-state index < -0.39 is 46.8 Å². The van der Waals surface area contributed by atoms with Gasteiger partial charge in [-0.05, 0) is 84.4 Å². The number of hydrogen-bond acceptors (Lipinski definition) is 12. The van der Waals surface area contributed by atoms with Crippen molar-refractivity contribution in [1.82, 2.24) is 15.0 Å². The van der Waals surface area contributed by atoms with Crippen LogP contribution < -0.4 is 20.3 Å². The number of methoxy groups -OCH3 is 1. The summed E-state index contributed by atoms with van der Waals surface area (Å²) in [5.41, 5.74) is 1.88. The Kier molecular flexibility index (Phi) is 14.9. The van der Waals surface area contributed by atoms with Gasteiger partial charge in [0.2, 0.25) is 17.8 Å². The average molecular weight is 880 g/mol. The molecule has 0 unspecified atom stereocenters. The largest absolute Gasteiger partial charge is 0.497 e. The van der Waals surface area contributed by atoms with Crippen molar-refractivity contribution in [1.29, 1.82) is 5.26 Å². The summed E-state index contributed by atoms with van der Waals surface area (Å²) >= 11 is 0. The highest BCUT2D eigenvalue weighted by atomic mass is 28.4. The maximum Gasteiger partial charge on any atom is 0.231 e. The molecule has 3 heterocycles. The summed E-state index contributed by atoms with van der Waals surface area (Å²) < 4.78 is 35.3. The Hall–Kier alpha value is -4.37. The lowest BCUT2D eigenvalue weighted by molar-refractivity contribution is -0.0771. The predicted molar refractivity (Wildman–Crippen MR) is 253 cm³/mol. The van der Waals surface area contributed by atoms with E-state index in [4.69, 9.17) is 38.0 Å². The standard InChI is InChI=1S/C48H69N7O5Si2/c1-46(2,3)61(8,9)59-40-39(34-57-48(35-22-15-12-16-23-35,36-24-17-13-18-25-36)37-26-28-38(56-7)29-27-37)58-42(41(40)60-62(10,11)47(4,5)6)51-44-52-43(50-31-21-30-49)53-45(54-44)55-32-19-14-20-33-55/h12-13,15-18,22-29,39-42H,14,19-21,31-34H2,1-11H3,(H2,50,51,52,53,54)/t39-,40-,41-,42-/m1/s1. The van der Waals surface area contributed by atoms with Crippen LogP contribution in [0.15, 0.2) is 84.9 Å². The normalized spacial score (nSPS) is 20.1. The molecule has 12 nitrogen and oxygen atoms in total. The second-order valence-electron chi connectivity index (χ2n) is 19.5. The molecule has 14 heteroatoms. The van der Waals surface area contributed by atoms with Crippen molar-refractivity contribution in [3.63, 3.8) is 0 Å². The van der Waals surface area contributed by atoms with Crippen LogP contribution in [0.1, 0.15) is 83.9 Å². The molecule has 4 atom stereocenters. The van der Waals surface area contributed by atoms with Crippen LogP contribution in [0.5, 0.6) is 5.75 Å². The number of hydrogen-bond donors (Lipinski definition) is 2. The lowest BCUT2D eigenvalue weighted by atomic mass is 9.80. The average Bonchev–Trinajstić information content (AvgIpc) is 3.54. The summed E-state index contributed by atoms with van der Waals surface area (Å²) in [6.07, 6.45) is 1.29. The van der Waals surface area contributed by atoms with Crippen molar-refractivity contribution in [2.75, 3.05) is 48.9 Å². The number of rotatable bonds is 17. The molecule has 0 radical (unpaired) electrons. The van der Waals surface area contributed by atoms with Gasteiger partial charge in [-0.1, -0.05) is 114 Å². The van der Waals surface area contributed by atoms with Gasteiger partial charge in [-0.15, -0.1) is 0 Å². The first-order chi connectivity index (χ1) is 29.4. The van der Waals surface area contributed by atoms with Gasteiger partial charge in [0.25, 0.3) is 0 Å². The molecule has 0 bridgehead atoms. The van der Waals surface area contributed by atoms with Gasteiger partial charge in [0, 0.05) is 19.6 Å². The van der Waals surface area contributed by atoms with Crippen molar-refractivity contribution >= 4 is 34.5 Å². The Balaban J connectivity index is 1.47. The SMILES string of the molecule is COc1ccc(C(OC[C@H]2O[C@@H](Nc3nc(NCCC#N)nc(N4CCCCC4)n3)[C@H](O[Si](C)(C)C(C)(C)C)[C@@H]2O[Si](C)(C)C(C)(C)C)(c2ccccc2)c2ccccc2)cc1. The highest BCUT2D eigenvalue weighted by Gasteiger charge is 2.55. The molecule has 2 aliphatic heterocycles. The van der Waals surface area contributed by atoms with E-state index >= 15 is 0 Å². The fraction of sp³-hybridized carbons (Fsp3) is 0.542. The zero-order valence-corrected chi connectivity index (χ0v) is 40.8. The van der Waals surface area contributed by atoms with Gasteiger partial charge in [0.05, 0.1) is 26.2 Å². The summed E-state index contributed by atoms with van der Waals surface area (Å²) in [4.78, 5) is 16.9. The van der Waals surface area contributed by atoms with Gasteiger partial charge >= 0.3 is 0 Å². The molecule has 2 aliphatic rings. The molecule has 2 saturated heterocycles. The second kappa shape index (κ2) is 19.6. The van der Waals surface area contributed by atoms with Crippen LogP contribution in [-0.4, -0.2) is 89.5 Å². The predicted octanol–water partition coefficient (Wildman–Crippen LogP) is 10.1. The number of nitrogens with one attached hydrogen (secondary N) is 2. The Labute approximate surface area is 372 Å². The summed E-state index contributed by atoms with van der Waals surface area (Å²) in [6.45, 7) is 24.9. The molecule has 2 fully saturated rings. The van der Waals surface area contributed by atoms with Crippen molar-refractivity contribution in [3.05, 3.63) is 102 Å². The molecule has 334 valence electrons. The molecule has 0 aliphatic carbocycles. The summed E-state index contributed by atoms with van der Waals surface area (Å²) in [5.74, 6) is 2.12. The maximum atomic E-state index is 9.30. The smallest absolute Gasteiger partial charge is 0.231 e. The minimum absolute atomic E-state index is 0.103. The van der Waals surface area contributed by atoms with Crippen molar-refractivity contribution in [2.24, 2.45) is 0 Å². The summed E-state index contributed by atoms with van der Waals surface area (Å²) in [5, 5.41) is 16.0. The van der Waals surface area contributed by atoms with Crippen molar-refractivity contribution < 1.29 is 23.1 Å². The first-order valence-corrected chi connectivity index (χ1v) is 28.0. The Bertz CT molecular complexity index is 2040. The fourth-order valence-corrected chi connectivity index (χ4v) is 10.1. The van der Waals surface area contributed by atoms with E-state index in [1.54, 1.807) is 7.11 Å². The third-order valence-electron chi connectivity index (χ3n) is 13.2. The summed E-state index contributed by atoms with van der Waals surface area (Å²) in [6, 6.07) is 31.0. The number of piperidine rings is 1. The van der Waals surface area contributed by atoms with Crippen LogP contribution in [0.2, 0.25) is 36.3 Å². The van der Waals surface area contributed by atoms with E-state index in [-0.39, 0.29) is 16.7 Å². The Morgan fingerprint density at radius 3 is 1.79 bits per heavy atom. The quantitative estimate of drug-likeness (QED) is 0.0594. The molecule has 6 rings (SSSR count). The monoisotopic (exact) mass is 879 g/mol. The van der Waals surface area contributed by atoms with Crippen LogP contribution in [0, 0.1) is 11.3 Å². The third-order valence-corrected chi connectivity index (χ3v) is 22.1. The molecular formula is C48H69N7O5Si2. The molecule has 0 saturated carbocycles. The van der Waals surface area contributed by atoms with E-state index in [2.05, 4.69) is 150 Å². The second-order valence-corrected chi connectivity index (χ2v) is 29.1. The van der Waals surface area contributed by atoms with Gasteiger partial charge in [-0.2, -0.15) is 20.2 Å². The van der Waals surface area contributed by atoms with E-state index in [0.717, 1.165) is 48.4 Å². The van der Waals surface area contributed by atoms with Crippen LogP contribution >= 0.6 is 0 Å². The van der Waals surface area contributed by atoms with Crippen LogP contribution in [0.4, 0.5) is 17.8 Å². The number of ether oxygens (including phenoxy) is 3. The molecular weight excluding hydrogens is 811 g/mol. The van der Waals surface area contributed by atoms with E-state index in [9.17, 15) is 5.26 Å². The number of benzene rings is 3. The van der Waals surface area contributed by atoms with Crippen LogP contribution in [0.25, 0.3) is 0 Å². The Morgan fingerprint density at radius 2 is 1.26 bits per heavy atom. The maximum absolute atomic E-state index is 9.30. The third kappa shape index (κ3) is 10.7. The van der Waals surface area contributed by atoms with E-state index in [0.29, 0.717) is 30.8 Å². The molecule has 0 spiro atoms. The Morgan fingerprint density at radius 1 is 0.726 bits per heavy atom. The van der Waals surface area contributed by atoms with Gasteiger partial charge in [0.1, 0.15) is 29.7 Å². The van der Waals surface area contributed by atoms with Gasteiger partial charge in [-0.3, -0.25) is 0 Å². The fourth-order valence-electron chi connectivity index (χ4n) is 7.51. The van der Waals surface area contributed by atoms with E-state index in [1.807, 2.05) is 24.3 Å². The first-order valence-electron chi connectivity index (χ1n) is 22.2. The lowest BCUT2D eigenvalue weighted by Crippen LogP contribution is -2.55.